The SMILES string of the molecule is CCC(N)=S.O=[N+]([O-])c1ccc2nn(-c3cc(O)ccc3O)cc2c1. The third-order valence-electron chi connectivity index (χ3n) is 3.25. The van der Waals surface area contributed by atoms with Gasteiger partial charge in [-0.3, -0.25) is 10.1 Å². The topological polar surface area (TPSA) is 127 Å². The molecule has 0 atom stereocenters. The van der Waals surface area contributed by atoms with E-state index in [4.69, 9.17) is 5.73 Å². The van der Waals surface area contributed by atoms with Crippen molar-refractivity contribution in [1.82, 2.24) is 9.78 Å². The lowest BCUT2D eigenvalue weighted by Gasteiger charge is -2.04. The third-order valence-corrected chi connectivity index (χ3v) is 3.54. The lowest BCUT2D eigenvalue weighted by Crippen LogP contribution is -2.03. The number of rotatable bonds is 3. The first kappa shape index (κ1) is 18.1. The molecule has 2 aromatic carbocycles. The molecule has 0 unspecified atom stereocenters. The number of hydrogen-bond acceptors (Lipinski definition) is 6. The Bertz CT molecular complexity index is 939. The van der Waals surface area contributed by atoms with E-state index in [9.17, 15) is 20.3 Å². The van der Waals surface area contributed by atoms with Crippen LogP contribution in [-0.4, -0.2) is 29.9 Å². The van der Waals surface area contributed by atoms with Gasteiger partial charge in [0.2, 0.25) is 0 Å². The number of non-ortho nitro benzene ring substituents is 1. The Morgan fingerprint density at radius 1 is 1.32 bits per heavy atom. The summed E-state index contributed by atoms with van der Waals surface area (Å²) < 4.78 is 1.36. The Morgan fingerprint density at radius 3 is 2.60 bits per heavy atom. The average Bonchev–Trinajstić information content (AvgIpc) is 3.00. The highest BCUT2D eigenvalue weighted by Crippen LogP contribution is 2.28. The monoisotopic (exact) mass is 360 g/mol. The molecular formula is C16H16N4O4S. The third kappa shape index (κ3) is 4.42. The van der Waals surface area contributed by atoms with E-state index in [1.807, 2.05) is 6.92 Å². The van der Waals surface area contributed by atoms with Crippen LogP contribution in [0.4, 0.5) is 5.69 Å². The van der Waals surface area contributed by atoms with Crippen LogP contribution in [0.15, 0.2) is 42.6 Å². The minimum absolute atomic E-state index is 0.0108. The summed E-state index contributed by atoms with van der Waals surface area (Å²) >= 11 is 4.47. The van der Waals surface area contributed by atoms with Gasteiger partial charge in [-0.25, -0.2) is 4.68 Å². The highest BCUT2D eigenvalue weighted by atomic mass is 32.1. The van der Waals surface area contributed by atoms with Gasteiger partial charge in [0.1, 0.15) is 17.2 Å². The van der Waals surface area contributed by atoms with Crippen LogP contribution in [0.5, 0.6) is 11.5 Å². The maximum atomic E-state index is 10.7. The Kier molecular flexibility index (Phi) is 5.50. The fraction of sp³-hybridized carbons (Fsp3) is 0.125. The number of nitro groups is 1. The predicted octanol–water partition coefficient (Wildman–Crippen LogP) is 3.03. The number of aromatic hydroxyl groups is 2. The van der Waals surface area contributed by atoms with E-state index in [2.05, 4.69) is 17.3 Å². The van der Waals surface area contributed by atoms with Crippen molar-refractivity contribution in [3.63, 3.8) is 0 Å². The zero-order valence-corrected chi connectivity index (χ0v) is 14.1. The second-order valence-corrected chi connectivity index (χ2v) is 5.59. The lowest BCUT2D eigenvalue weighted by molar-refractivity contribution is -0.384. The molecule has 0 aliphatic rings. The van der Waals surface area contributed by atoms with Crippen LogP contribution in [0.3, 0.4) is 0 Å². The van der Waals surface area contributed by atoms with Gasteiger partial charge in [-0.15, -0.1) is 0 Å². The zero-order chi connectivity index (χ0) is 18.6. The molecular weight excluding hydrogens is 344 g/mol. The van der Waals surface area contributed by atoms with Crippen molar-refractivity contribution < 1.29 is 15.1 Å². The number of phenols is 2. The molecule has 4 N–H and O–H groups in total. The normalized spacial score (nSPS) is 10.1. The van der Waals surface area contributed by atoms with Gasteiger partial charge >= 0.3 is 0 Å². The van der Waals surface area contributed by atoms with Crippen molar-refractivity contribution in [2.45, 2.75) is 13.3 Å². The second kappa shape index (κ2) is 7.58. The van der Waals surface area contributed by atoms with Gasteiger partial charge in [-0.2, -0.15) is 5.10 Å². The zero-order valence-electron chi connectivity index (χ0n) is 13.3. The van der Waals surface area contributed by atoms with Gasteiger partial charge in [-0.05, 0) is 24.6 Å². The second-order valence-electron chi connectivity index (χ2n) is 5.07. The van der Waals surface area contributed by atoms with Crippen molar-refractivity contribution in [1.29, 1.82) is 0 Å². The molecule has 0 bridgehead atoms. The summed E-state index contributed by atoms with van der Waals surface area (Å²) in [4.78, 5) is 10.8. The van der Waals surface area contributed by atoms with Crippen molar-refractivity contribution in [2.24, 2.45) is 5.73 Å². The summed E-state index contributed by atoms with van der Waals surface area (Å²) in [5, 5.41) is 34.7. The molecule has 0 spiro atoms. The van der Waals surface area contributed by atoms with E-state index in [0.717, 1.165) is 6.42 Å². The van der Waals surface area contributed by atoms with Crippen molar-refractivity contribution in [2.75, 3.05) is 0 Å². The smallest absolute Gasteiger partial charge is 0.270 e. The molecule has 1 heterocycles. The van der Waals surface area contributed by atoms with Crippen molar-refractivity contribution in [3.05, 3.63) is 52.7 Å². The van der Waals surface area contributed by atoms with E-state index >= 15 is 0 Å². The summed E-state index contributed by atoms with van der Waals surface area (Å²) in [7, 11) is 0. The van der Waals surface area contributed by atoms with Crippen LogP contribution in [0.1, 0.15) is 13.3 Å². The van der Waals surface area contributed by atoms with Gasteiger partial charge in [0.05, 0.1) is 15.4 Å². The fourth-order valence-electron chi connectivity index (χ4n) is 1.95. The van der Waals surface area contributed by atoms with Crippen LogP contribution in [0.25, 0.3) is 16.6 Å². The molecule has 8 nitrogen and oxygen atoms in total. The highest BCUT2D eigenvalue weighted by molar-refractivity contribution is 7.80. The Balaban J connectivity index is 0.000000399. The Labute approximate surface area is 148 Å². The molecule has 0 amide bonds. The molecule has 9 heteroatoms. The number of nitro benzene ring substituents is 1. The number of hydrogen-bond donors (Lipinski definition) is 3. The quantitative estimate of drug-likeness (QED) is 0.283. The number of aromatic nitrogens is 2. The minimum Gasteiger partial charge on any atom is -0.508 e. The number of nitrogens with zero attached hydrogens (tertiary/aromatic N) is 3. The lowest BCUT2D eigenvalue weighted by atomic mass is 10.2. The molecule has 0 aliphatic heterocycles. The summed E-state index contributed by atoms with van der Waals surface area (Å²) in [6.07, 6.45) is 2.37. The minimum atomic E-state index is -0.484. The molecule has 3 aromatic rings. The summed E-state index contributed by atoms with van der Waals surface area (Å²) in [6.45, 7) is 1.93. The van der Waals surface area contributed by atoms with Gasteiger partial charge in [0, 0.05) is 29.8 Å². The average molecular weight is 360 g/mol. The van der Waals surface area contributed by atoms with E-state index < -0.39 is 4.92 Å². The van der Waals surface area contributed by atoms with Crippen molar-refractivity contribution >= 4 is 33.8 Å². The molecule has 0 saturated carbocycles. The largest absolute Gasteiger partial charge is 0.508 e. The Hall–Kier alpha value is -3.20. The number of thiocarbonyl (C=S) groups is 1. The summed E-state index contributed by atoms with van der Waals surface area (Å²) in [6, 6.07) is 8.35. The van der Waals surface area contributed by atoms with Gasteiger partial charge in [-0.1, -0.05) is 19.1 Å². The van der Waals surface area contributed by atoms with Crippen LogP contribution < -0.4 is 5.73 Å². The first-order chi connectivity index (χ1) is 11.8. The van der Waals surface area contributed by atoms with E-state index in [0.29, 0.717) is 21.6 Å². The Morgan fingerprint density at radius 2 is 2.00 bits per heavy atom. The highest BCUT2D eigenvalue weighted by Gasteiger charge is 2.11. The van der Waals surface area contributed by atoms with Crippen LogP contribution in [0, 0.1) is 10.1 Å². The summed E-state index contributed by atoms with van der Waals surface area (Å²) in [5.74, 6) is -0.0616. The maximum Gasteiger partial charge on any atom is 0.270 e. The molecule has 3 rings (SSSR count). The summed E-state index contributed by atoms with van der Waals surface area (Å²) in [5.41, 5.74) is 5.84. The molecule has 0 radical (unpaired) electrons. The fourth-order valence-corrected chi connectivity index (χ4v) is 1.95. The molecule has 0 aliphatic carbocycles. The van der Waals surface area contributed by atoms with E-state index in [1.165, 1.54) is 41.1 Å². The number of benzene rings is 2. The molecule has 130 valence electrons. The molecule has 25 heavy (non-hydrogen) atoms. The van der Waals surface area contributed by atoms with Gasteiger partial charge < -0.3 is 15.9 Å². The molecule has 0 saturated heterocycles. The number of nitrogens with two attached hydrogens (primary N) is 1. The van der Waals surface area contributed by atoms with Gasteiger partial charge in [0.25, 0.3) is 5.69 Å². The van der Waals surface area contributed by atoms with Gasteiger partial charge in [0.15, 0.2) is 0 Å². The molecule has 0 fully saturated rings. The standard InChI is InChI=1S/C13H9N3O4.C3H7NS/c17-10-2-4-13(18)12(6-10)15-7-8-5-9(16(19)20)1-3-11(8)14-15;1-2-3(4)5/h1-7,17-18H;2H2,1H3,(H2,4,5). The number of phenolic OH excluding ortho intramolecular Hbond substituents is 2. The van der Waals surface area contributed by atoms with Crippen LogP contribution in [0.2, 0.25) is 0 Å². The maximum absolute atomic E-state index is 10.7. The van der Waals surface area contributed by atoms with Crippen LogP contribution >= 0.6 is 12.2 Å². The predicted molar refractivity (Wildman–Crippen MR) is 98.1 cm³/mol. The first-order valence-electron chi connectivity index (χ1n) is 7.26. The number of fused-ring (bicyclic) bond motifs is 1. The van der Waals surface area contributed by atoms with Crippen molar-refractivity contribution in [3.8, 4) is 17.2 Å². The van der Waals surface area contributed by atoms with E-state index in [1.54, 1.807) is 6.20 Å². The van der Waals surface area contributed by atoms with Crippen LogP contribution in [-0.2, 0) is 0 Å². The van der Waals surface area contributed by atoms with E-state index in [-0.39, 0.29) is 17.2 Å². The molecule has 1 aromatic heterocycles. The first-order valence-corrected chi connectivity index (χ1v) is 7.67.